The average Bonchev–Trinajstić information content (AvgIpc) is 3.16. The molecule has 1 N–H and O–H groups in total. The molecular formula is C21H23ClN6O2. The van der Waals surface area contributed by atoms with Gasteiger partial charge >= 0.3 is 5.69 Å². The second-order valence-corrected chi connectivity index (χ2v) is 7.57. The summed E-state index contributed by atoms with van der Waals surface area (Å²) in [6, 6.07) is 9.71. The molecular weight excluding hydrogens is 404 g/mol. The van der Waals surface area contributed by atoms with E-state index in [2.05, 4.69) is 20.3 Å². The van der Waals surface area contributed by atoms with Crippen molar-refractivity contribution in [2.75, 3.05) is 31.1 Å². The van der Waals surface area contributed by atoms with Crippen LogP contribution in [0.3, 0.4) is 0 Å². The third-order valence-electron chi connectivity index (χ3n) is 5.26. The molecule has 1 aliphatic rings. The molecule has 4 rings (SSSR count). The molecule has 1 atom stereocenters. The Labute approximate surface area is 179 Å². The van der Waals surface area contributed by atoms with Crippen molar-refractivity contribution in [2.24, 2.45) is 0 Å². The van der Waals surface area contributed by atoms with E-state index in [1.165, 1.54) is 15.6 Å². The van der Waals surface area contributed by atoms with E-state index in [1.807, 2.05) is 19.1 Å². The normalized spacial score (nSPS) is 15.2. The van der Waals surface area contributed by atoms with Crippen LogP contribution < -0.4 is 15.9 Å². The Morgan fingerprint density at radius 3 is 2.53 bits per heavy atom. The van der Waals surface area contributed by atoms with Gasteiger partial charge in [0.25, 0.3) is 0 Å². The molecule has 30 heavy (non-hydrogen) atoms. The number of hydrogen-bond donors (Lipinski definition) is 1. The molecule has 9 heteroatoms. The lowest BCUT2D eigenvalue weighted by molar-refractivity contribution is 0.0911. The first-order valence-electron chi connectivity index (χ1n) is 9.96. The van der Waals surface area contributed by atoms with Gasteiger partial charge in [0.15, 0.2) is 5.78 Å². The summed E-state index contributed by atoms with van der Waals surface area (Å²) in [4.78, 5) is 32.6. The highest BCUT2D eigenvalue weighted by Gasteiger charge is 2.24. The van der Waals surface area contributed by atoms with Crippen LogP contribution in [0.15, 0.2) is 53.7 Å². The van der Waals surface area contributed by atoms with E-state index in [9.17, 15) is 9.59 Å². The standard InChI is InChI=1S/C21H23ClN6O2/c1-2-18(20(29)15-3-5-16(22)6-4-15)28-21(30)27(14-25-28)17-7-8-19(24-13-17)26-11-9-23-10-12-26/h3-8,13-14,18,23H,2,9-12H2,1H3. The monoisotopic (exact) mass is 426 g/mol. The van der Waals surface area contributed by atoms with Crippen LogP contribution in [0.5, 0.6) is 0 Å². The molecule has 1 fully saturated rings. The Morgan fingerprint density at radius 1 is 1.17 bits per heavy atom. The predicted octanol–water partition coefficient (Wildman–Crippen LogP) is 2.33. The largest absolute Gasteiger partial charge is 0.354 e. The van der Waals surface area contributed by atoms with Gasteiger partial charge in [-0.25, -0.2) is 19.0 Å². The second kappa shape index (κ2) is 8.81. The first-order valence-corrected chi connectivity index (χ1v) is 10.3. The van der Waals surface area contributed by atoms with Crippen molar-refractivity contribution < 1.29 is 4.79 Å². The number of halogens is 1. The number of piperazine rings is 1. The van der Waals surface area contributed by atoms with E-state index in [-0.39, 0.29) is 11.5 Å². The Kier molecular flexibility index (Phi) is 5.96. The Hall–Kier alpha value is -2.97. The lowest BCUT2D eigenvalue weighted by Crippen LogP contribution is -2.43. The minimum Gasteiger partial charge on any atom is -0.354 e. The topological polar surface area (TPSA) is 85.1 Å². The molecule has 1 aromatic carbocycles. The molecule has 0 radical (unpaired) electrons. The predicted molar refractivity (Wildman–Crippen MR) is 116 cm³/mol. The van der Waals surface area contributed by atoms with Gasteiger partial charge in [-0.1, -0.05) is 18.5 Å². The summed E-state index contributed by atoms with van der Waals surface area (Å²) in [7, 11) is 0. The molecule has 3 heterocycles. The summed E-state index contributed by atoms with van der Waals surface area (Å²) in [5, 5.41) is 8.08. The maximum absolute atomic E-state index is 13.0. The van der Waals surface area contributed by atoms with E-state index in [1.54, 1.807) is 30.5 Å². The van der Waals surface area contributed by atoms with Gasteiger partial charge < -0.3 is 10.2 Å². The van der Waals surface area contributed by atoms with Gasteiger partial charge in [0.2, 0.25) is 0 Å². The zero-order valence-electron chi connectivity index (χ0n) is 16.7. The van der Waals surface area contributed by atoms with Crippen molar-refractivity contribution in [1.82, 2.24) is 24.6 Å². The zero-order chi connectivity index (χ0) is 21.1. The number of anilines is 1. The first kappa shape index (κ1) is 20.3. The lowest BCUT2D eigenvalue weighted by Gasteiger charge is -2.28. The van der Waals surface area contributed by atoms with E-state index < -0.39 is 6.04 Å². The molecule has 0 spiro atoms. The number of aromatic nitrogens is 4. The number of rotatable bonds is 6. The number of Topliss-reactive ketones (excluding diaryl/α,β-unsaturated/α-hetero) is 1. The van der Waals surface area contributed by atoms with Gasteiger partial charge in [-0.15, -0.1) is 0 Å². The van der Waals surface area contributed by atoms with Crippen LogP contribution in [0.1, 0.15) is 29.7 Å². The molecule has 1 aliphatic heterocycles. The molecule has 0 aliphatic carbocycles. The number of nitrogens with one attached hydrogen (secondary N) is 1. The third kappa shape index (κ3) is 4.01. The first-order chi connectivity index (χ1) is 14.6. The average molecular weight is 427 g/mol. The number of carbonyl (C=O) groups is 1. The van der Waals surface area contributed by atoms with Crippen molar-refractivity contribution in [3.05, 3.63) is 70.0 Å². The fraction of sp³-hybridized carbons (Fsp3) is 0.333. The van der Waals surface area contributed by atoms with E-state index >= 15 is 0 Å². The molecule has 1 saturated heterocycles. The number of pyridine rings is 1. The maximum atomic E-state index is 13.0. The quantitative estimate of drug-likeness (QED) is 0.609. The summed E-state index contributed by atoms with van der Waals surface area (Å²) in [5.41, 5.74) is 0.731. The van der Waals surface area contributed by atoms with Crippen molar-refractivity contribution in [3.8, 4) is 5.69 Å². The lowest BCUT2D eigenvalue weighted by atomic mass is 10.0. The summed E-state index contributed by atoms with van der Waals surface area (Å²) >= 11 is 5.91. The highest BCUT2D eigenvalue weighted by molar-refractivity contribution is 6.30. The van der Waals surface area contributed by atoms with Crippen LogP contribution in [0.25, 0.3) is 5.69 Å². The van der Waals surface area contributed by atoms with Crippen molar-refractivity contribution in [2.45, 2.75) is 19.4 Å². The molecule has 8 nitrogen and oxygen atoms in total. The van der Waals surface area contributed by atoms with E-state index in [0.717, 1.165) is 32.0 Å². The van der Waals surface area contributed by atoms with Crippen molar-refractivity contribution in [3.63, 3.8) is 0 Å². The van der Waals surface area contributed by atoms with Crippen molar-refractivity contribution in [1.29, 1.82) is 0 Å². The molecule has 156 valence electrons. The molecule has 3 aromatic rings. The van der Waals surface area contributed by atoms with Gasteiger partial charge in [0.1, 0.15) is 18.2 Å². The highest BCUT2D eigenvalue weighted by Crippen LogP contribution is 2.19. The Balaban J connectivity index is 1.58. The van der Waals surface area contributed by atoms with Crippen molar-refractivity contribution >= 4 is 23.2 Å². The van der Waals surface area contributed by atoms with E-state index in [0.29, 0.717) is 22.7 Å². The van der Waals surface area contributed by atoms with Gasteiger partial charge in [-0.05, 0) is 42.8 Å². The molecule has 0 saturated carbocycles. The Morgan fingerprint density at radius 2 is 1.90 bits per heavy atom. The maximum Gasteiger partial charge on any atom is 0.351 e. The van der Waals surface area contributed by atoms with Crippen LogP contribution in [-0.2, 0) is 0 Å². The van der Waals surface area contributed by atoms with Gasteiger partial charge in [-0.2, -0.15) is 5.10 Å². The fourth-order valence-corrected chi connectivity index (χ4v) is 3.71. The number of benzene rings is 1. The molecule has 0 bridgehead atoms. The second-order valence-electron chi connectivity index (χ2n) is 7.13. The summed E-state index contributed by atoms with van der Waals surface area (Å²) < 4.78 is 2.65. The van der Waals surface area contributed by atoms with Gasteiger partial charge in [-0.3, -0.25) is 4.79 Å². The van der Waals surface area contributed by atoms with Gasteiger partial charge in [0, 0.05) is 36.8 Å². The van der Waals surface area contributed by atoms with Crippen LogP contribution in [0.2, 0.25) is 5.02 Å². The number of nitrogens with zero attached hydrogens (tertiary/aromatic N) is 5. The highest BCUT2D eigenvalue weighted by atomic mass is 35.5. The van der Waals surface area contributed by atoms with Crippen LogP contribution >= 0.6 is 11.6 Å². The van der Waals surface area contributed by atoms with Gasteiger partial charge in [0.05, 0.1) is 11.9 Å². The fourth-order valence-electron chi connectivity index (χ4n) is 3.59. The number of carbonyl (C=O) groups excluding carboxylic acids is 1. The molecule has 2 aromatic heterocycles. The minimum atomic E-state index is -0.687. The number of hydrogen-bond acceptors (Lipinski definition) is 6. The molecule has 1 unspecified atom stereocenters. The summed E-state index contributed by atoms with van der Waals surface area (Å²) in [6.07, 6.45) is 3.53. The summed E-state index contributed by atoms with van der Waals surface area (Å²) in [6.45, 7) is 5.50. The minimum absolute atomic E-state index is 0.173. The van der Waals surface area contributed by atoms with Crippen LogP contribution in [0, 0.1) is 0 Å². The Bertz CT molecular complexity index is 1070. The van der Waals surface area contributed by atoms with Crippen LogP contribution in [0.4, 0.5) is 5.82 Å². The SMILES string of the molecule is CCC(C(=O)c1ccc(Cl)cc1)n1ncn(-c2ccc(N3CCNCC3)nc2)c1=O. The smallest absolute Gasteiger partial charge is 0.351 e. The van der Waals surface area contributed by atoms with Crippen LogP contribution in [-0.4, -0.2) is 51.3 Å². The molecule has 0 amide bonds. The number of ketones is 1. The third-order valence-corrected chi connectivity index (χ3v) is 5.51. The summed E-state index contributed by atoms with van der Waals surface area (Å²) in [5.74, 6) is 0.707. The zero-order valence-corrected chi connectivity index (χ0v) is 17.4. The van der Waals surface area contributed by atoms with E-state index in [4.69, 9.17) is 11.6 Å².